The molecule has 1 aliphatic heterocycles. The van der Waals surface area contributed by atoms with Crippen molar-refractivity contribution in [1.82, 2.24) is 9.62 Å². The Morgan fingerprint density at radius 1 is 0.974 bits per heavy atom. The van der Waals surface area contributed by atoms with Crippen molar-refractivity contribution in [2.75, 3.05) is 42.9 Å². The number of carbonyl (C=O) groups is 1. The van der Waals surface area contributed by atoms with Crippen LogP contribution in [0.15, 0.2) is 47.4 Å². The monoisotopic (exact) mass is 538 g/mol. The number of benzene rings is 2. The van der Waals surface area contributed by atoms with Crippen LogP contribution in [0, 0.1) is 5.92 Å². The molecule has 0 aromatic heterocycles. The number of nitrogens with one attached hydrogen (secondary N) is 2. The molecule has 0 bridgehead atoms. The summed E-state index contributed by atoms with van der Waals surface area (Å²) < 4.78 is 31.0. The minimum absolute atomic E-state index is 0.0428. The van der Waals surface area contributed by atoms with E-state index >= 15 is 0 Å². The summed E-state index contributed by atoms with van der Waals surface area (Å²) in [6.45, 7) is 6.50. The van der Waals surface area contributed by atoms with Crippen LogP contribution in [0.25, 0.3) is 0 Å². The van der Waals surface area contributed by atoms with Crippen LogP contribution in [0.3, 0.4) is 0 Å². The van der Waals surface area contributed by atoms with E-state index in [4.69, 9.17) is 0 Å². The molecule has 38 heavy (non-hydrogen) atoms. The average Bonchev–Trinajstić information content (AvgIpc) is 3.46. The van der Waals surface area contributed by atoms with Gasteiger partial charge in [-0.15, -0.1) is 0 Å². The maximum absolute atomic E-state index is 14.0. The summed E-state index contributed by atoms with van der Waals surface area (Å²) in [5, 5.41) is 2.99. The Kier molecular flexibility index (Phi) is 8.71. The summed E-state index contributed by atoms with van der Waals surface area (Å²) in [6.07, 6.45) is 9.04. The van der Waals surface area contributed by atoms with Crippen molar-refractivity contribution < 1.29 is 13.2 Å². The molecule has 2 aromatic rings. The Morgan fingerprint density at radius 2 is 1.74 bits per heavy atom. The molecule has 8 heteroatoms. The zero-order valence-electron chi connectivity index (χ0n) is 22.6. The normalized spacial score (nSPS) is 20.9. The van der Waals surface area contributed by atoms with Crippen LogP contribution in [0.4, 0.5) is 11.4 Å². The lowest BCUT2D eigenvalue weighted by Gasteiger charge is -2.36. The number of anilines is 2. The van der Waals surface area contributed by atoms with Crippen LogP contribution in [0.1, 0.15) is 75.5 Å². The van der Waals surface area contributed by atoms with Gasteiger partial charge in [-0.05, 0) is 67.5 Å². The van der Waals surface area contributed by atoms with Gasteiger partial charge in [-0.25, -0.2) is 13.1 Å². The number of likely N-dealkylation sites (N-methyl/N-ethyl adjacent to an activating group) is 1. The smallest absolute Gasteiger partial charge is 0.243 e. The first-order chi connectivity index (χ1) is 18.4. The second-order valence-electron chi connectivity index (χ2n) is 11.1. The molecule has 1 unspecified atom stereocenters. The third-order valence-corrected chi connectivity index (χ3v) is 10.1. The number of rotatable bonds is 9. The van der Waals surface area contributed by atoms with Gasteiger partial charge in [0.05, 0.1) is 5.69 Å². The van der Waals surface area contributed by atoms with Gasteiger partial charge in [0.15, 0.2) is 0 Å². The first-order valence-corrected chi connectivity index (χ1v) is 15.9. The Bertz CT molecular complexity index is 1220. The number of nitrogens with zero attached hydrogens (tertiary/aromatic N) is 2. The fourth-order valence-corrected chi connectivity index (χ4v) is 7.86. The van der Waals surface area contributed by atoms with E-state index in [1.165, 1.54) is 31.2 Å². The zero-order chi connectivity index (χ0) is 26.5. The van der Waals surface area contributed by atoms with Crippen LogP contribution in [-0.2, 0) is 21.2 Å². The molecule has 5 rings (SSSR count). The molecule has 1 heterocycles. The van der Waals surface area contributed by atoms with E-state index in [1.54, 1.807) is 6.07 Å². The molecule has 2 aromatic carbocycles. The highest BCUT2D eigenvalue weighted by atomic mass is 32.2. The summed E-state index contributed by atoms with van der Waals surface area (Å²) in [4.78, 5) is 17.5. The van der Waals surface area contributed by atoms with Gasteiger partial charge in [0.1, 0.15) is 4.90 Å². The first-order valence-electron chi connectivity index (χ1n) is 14.4. The molecule has 206 valence electrons. The van der Waals surface area contributed by atoms with Crippen molar-refractivity contribution in [3.63, 3.8) is 0 Å². The molecule has 0 spiro atoms. The highest BCUT2D eigenvalue weighted by Gasteiger charge is 2.30. The van der Waals surface area contributed by atoms with E-state index < -0.39 is 10.0 Å². The van der Waals surface area contributed by atoms with E-state index in [0.29, 0.717) is 23.7 Å². The number of fused-ring (bicyclic) bond motifs is 1. The van der Waals surface area contributed by atoms with Gasteiger partial charge in [-0.1, -0.05) is 56.9 Å². The third-order valence-electron chi connectivity index (χ3n) is 8.61. The second kappa shape index (κ2) is 12.2. The third kappa shape index (κ3) is 6.41. The number of hydrogen-bond donors (Lipinski definition) is 2. The quantitative estimate of drug-likeness (QED) is 0.465. The van der Waals surface area contributed by atoms with Crippen molar-refractivity contribution >= 4 is 27.3 Å². The van der Waals surface area contributed by atoms with Crippen molar-refractivity contribution in [3.05, 3.63) is 53.6 Å². The summed E-state index contributed by atoms with van der Waals surface area (Å²) in [6, 6.07) is 13.3. The minimum Gasteiger partial charge on any atom is -0.368 e. The molecule has 2 fully saturated rings. The summed E-state index contributed by atoms with van der Waals surface area (Å²) in [7, 11) is -3.84. The van der Waals surface area contributed by atoms with Crippen molar-refractivity contribution in [3.8, 4) is 0 Å². The van der Waals surface area contributed by atoms with Gasteiger partial charge in [0, 0.05) is 44.3 Å². The zero-order valence-corrected chi connectivity index (χ0v) is 23.4. The molecular formula is C30H42N4O3S. The molecule has 2 aliphatic carbocycles. The van der Waals surface area contributed by atoms with Crippen LogP contribution in [0.5, 0.6) is 0 Å². The summed E-state index contributed by atoms with van der Waals surface area (Å²) >= 11 is 0. The minimum atomic E-state index is -3.84. The van der Waals surface area contributed by atoms with Crippen molar-refractivity contribution in [2.45, 2.75) is 75.6 Å². The number of hydrogen-bond acceptors (Lipinski definition) is 5. The van der Waals surface area contributed by atoms with Crippen LogP contribution >= 0.6 is 0 Å². The lowest BCUT2D eigenvalue weighted by atomic mass is 9.88. The maximum atomic E-state index is 14.0. The first kappa shape index (κ1) is 27.2. The van der Waals surface area contributed by atoms with Gasteiger partial charge >= 0.3 is 0 Å². The van der Waals surface area contributed by atoms with Crippen LogP contribution in [-0.4, -0.2) is 51.9 Å². The van der Waals surface area contributed by atoms with Gasteiger partial charge < -0.3 is 15.1 Å². The van der Waals surface area contributed by atoms with Crippen LogP contribution < -0.4 is 14.9 Å². The number of piperazine rings is 1. The van der Waals surface area contributed by atoms with Crippen molar-refractivity contribution in [2.24, 2.45) is 5.92 Å². The molecule has 1 atom stereocenters. The van der Waals surface area contributed by atoms with Gasteiger partial charge in [-0.2, -0.15) is 0 Å². The number of sulfonamides is 1. The molecule has 0 radical (unpaired) electrons. The molecule has 2 N–H and O–H groups in total. The van der Waals surface area contributed by atoms with Gasteiger partial charge in [0.25, 0.3) is 0 Å². The van der Waals surface area contributed by atoms with E-state index in [2.05, 4.69) is 32.8 Å². The van der Waals surface area contributed by atoms with Gasteiger partial charge in [-0.3, -0.25) is 4.79 Å². The fraction of sp³-hybridized carbons (Fsp3) is 0.567. The molecule has 1 saturated carbocycles. The lowest BCUT2D eigenvalue weighted by Crippen LogP contribution is -2.46. The lowest BCUT2D eigenvalue weighted by molar-refractivity contribution is -0.116. The highest BCUT2D eigenvalue weighted by molar-refractivity contribution is 7.89. The Balaban J connectivity index is 1.38. The standard InChI is InChI=1S/C30H42N4O3S/c1-2-33-18-20-34(21-19-33)28-16-15-25(31-30(35)17-14-23-8-3-4-9-23)22-29(28)38(36,37)32-27-13-7-11-24-10-5-6-12-26(24)27/h5-6,10,12,15-16,22-23,27,32H,2-4,7-9,11,13-14,17-21H2,1H3,(H,31,35). The van der Waals surface area contributed by atoms with Crippen molar-refractivity contribution in [1.29, 1.82) is 0 Å². The molecular weight excluding hydrogens is 496 g/mol. The number of carbonyl (C=O) groups excluding carboxylic acids is 1. The number of aryl methyl sites for hydroxylation is 1. The maximum Gasteiger partial charge on any atom is 0.243 e. The van der Waals surface area contributed by atoms with Gasteiger partial charge in [0.2, 0.25) is 15.9 Å². The predicted molar refractivity (Wildman–Crippen MR) is 153 cm³/mol. The summed E-state index contributed by atoms with van der Waals surface area (Å²) in [5.41, 5.74) is 3.53. The van der Waals surface area contributed by atoms with E-state index in [9.17, 15) is 13.2 Å². The fourth-order valence-electron chi connectivity index (χ4n) is 6.36. The van der Waals surface area contributed by atoms with E-state index in [0.717, 1.165) is 64.0 Å². The Labute approximate surface area is 228 Å². The van der Waals surface area contributed by atoms with E-state index in [-0.39, 0.29) is 16.8 Å². The SMILES string of the molecule is CCN1CCN(c2ccc(NC(=O)CCC3CCCC3)cc2S(=O)(=O)NC2CCCc3ccccc32)CC1. The average molecular weight is 539 g/mol. The number of amides is 1. The molecule has 7 nitrogen and oxygen atoms in total. The van der Waals surface area contributed by atoms with Crippen LogP contribution in [0.2, 0.25) is 0 Å². The molecule has 1 saturated heterocycles. The highest BCUT2D eigenvalue weighted by Crippen LogP contribution is 2.34. The second-order valence-corrected chi connectivity index (χ2v) is 12.8. The molecule has 3 aliphatic rings. The largest absolute Gasteiger partial charge is 0.368 e. The summed E-state index contributed by atoms with van der Waals surface area (Å²) in [5.74, 6) is 0.599. The molecule has 1 amide bonds. The Morgan fingerprint density at radius 3 is 2.50 bits per heavy atom. The van der Waals surface area contributed by atoms with E-state index in [1.807, 2.05) is 30.3 Å². The Hall–Kier alpha value is -2.42. The predicted octanol–water partition coefficient (Wildman–Crippen LogP) is 5.09. The topological polar surface area (TPSA) is 81.8 Å².